The number of hydrogen-bond acceptors (Lipinski definition) is 5. The summed E-state index contributed by atoms with van der Waals surface area (Å²) < 4.78 is 16.5. The number of alkyl halides is 1. The van der Waals surface area contributed by atoms with E-state index >= 15 is 0 Å². The lowest BCUT2D eigenvalue weighted by atomic mass is 9.78. The van der Waals surface area contributed by atoms with E-state index in [0.717, 1.165) is 16.9 Å². The quantitative estimate of drug-likeness (QED) is 0.307. The van der Waals surface area contributed by atoms with Gasteiger partial charge in [0.05, 0.1) is 22.5 Å². The van der Waals surface area contributed by atoms with E-state index in [1.807, 2.05) is 43.3 Å². The molecular formula is C24H29Cl3O5. The summed E-state index contributed by atoms with van der Waals surface area (Å²) in [6.45, 7) is 7.96. The molecule has 176 valence electrons. The Morgan fingerprint density at radius 1 is 1.03 bits per heavy atom. The second-order valence-electron chi connectivity index (χ2n) is 8.21. The number of esters is 1. The van der Waals surface area contributed by atoms with E-state index < -0.39 is 12.1 Å². The standard InChI is InChI=1S/C24H29Cl3O5/c1-15(12-28)13-30-19-7-5-17(6-8-19)24(3,4)18-9-21(26)23(22(27)10-18)31-14-20(11-25)32-16(2)29/h5-10,15,20,28H,11-14H2,1-4H3/t15-,20+/m1/s1. The van der Waals surface area contributed by atoms with Crippen molar-refractivity contribution in [3.8, 4) is 11.5 Å². The first kappa shape index (κ1) is 26.6. The Morgan fingerprint density at radius 3 is 2.12 bits per heavy atom. The monoisotopic (exact) mass is 502 g/mol. The van der Waals surface area contributed by atoms with Crippen LogP contribution in [0.25, 0.3) is 0 Å². The van der Waals surface area contributed by atoms with E-state index in [1.54, 1.807) is 0 Å². The normalized spacial score (nSPS) is 13.4. The molecule has 0 saturated heterocycles. The molecule has 0 aliphatic carbocycles. The van der Waals surface area contributed by atoms with E-state index in [4.69, 9.17) is 54.1 Å². The second kappa shape index (κ2) is 12.0. The molecule has 2 aromatic carbocycles. The van der Waals surface area contributed by atoms with Crippen molar-refractivity contribution in [2.24, 2.45) is 5.92 Å². The van der Waals surface area contributed by atoms with E-state index in [9.17, 15) is 4.79 Å². The summed E-state index contributed by atoms with van der Waals surface area (Å²) in [5, 5.41) is 9.84. The highest BCUT2D eigenvalue weighted by molar-refractivity contribution is 6.37. The minimum atomic E-state index is -0.599. The van der Waals surface area contributed by atoms with Crippen LogP contribution in [0.1, 0.15) is 38.8 Å². The van der Waals surface area contributed by atoms with Crippen LogP contribution in [0.5, 0.6) is 11.5 Å². The van der Waals surface area contributed by atoms with Gasteiger partial charge in [0.25, 0.3) is 0 Å². The Morgan fingerprint density at radius 2 is 1.62 bits per heavy atom. The molecule has 2 rings (SSSR count). The smallest absolute Gasteiger partial charge is 0.303 e. The molecule has 0 saturated carbocycles. The average molecular weight is 504 g/mol. The van der Waals surface area contributed by atoms with Gasteiger partial charge in [-0.3, -0.25) is 4.79 Å². The molecule has 0 aliphatic heterocycles. The van der Waals surface area contributed by atoms with Crippen molar-refractivity contribution in [1.82, 2.24) is 0 Å². The number of carbonyl (C=O) groups excluding carboxylic acids is 1. The number of rotatable bonds is 11. The van der Waals surface area contributed by atoms with Gasteiger partial charge in [-0.1, -0.05) is 56.1 Å². The van der Waals surface area contributed by atoms with Gasteiger partial charge in [0.1, 0.15) is 18.5 Å². The van der Waals surface area contributed by atoms with Crippen LogP contribution in [0.4, 0.5) is 0 Å². The van der Waals surface area contributed by atoms with Crippen LogP contribution in [0, 0.1) is 5.92 Å². The summed E-state index contributed by atoms with van der Waals surface area (Å²) in [5.41, 5.74) is 1.58. The Balaban J connectivity index is 2.17. The third-order valence-corrected chi connectivity index (χ3v) is 5.97. The number of aliphatic hydroxyl groups excluding tert-OH is 1. The van der Waals surface area contributed by atoms with Gasteiger partial charge in [0.15, 0.2) is 5.75 Å². The molecule has 0 bridgehead atoms. The van der Waals surface area contributed by atoms with E-state index in [-0.39, 0.29) is 30.4 Å². The minimum Gasteiger partial charge on any atom is -0.493 e. The highest BCUT2D eigenvalue weighted by Gasteiger charge is 2.26. The fourth-order valence-corrected chi connectivity index (χ4v) is 3.75. The molecule has 0 aromatic heterocycles. The fourth-order valence-electron chi connectivity index (χ4n) is 3.01. The average Bonchev–Trinajstić information content (AvgIpc) is 2.75. The fraction of sp³-hybridized carbons (Fsp3) is 0.458. The highest BCUT2D eigenvalue weighted by Crippen LogP contribution is 2.40. The zero-order valence-electron chi connectivity index (χ0n) is 18.7. The predicted octanol–water partition coefficient (Wildman–Crippen LogP) is 5.88. The van der Waals surface area contributed by atoms with Gasteiger partial charge in [-0.05, 0) is 35.4 Å². The molecule has 32 heavy (non-hydrogen) atoms. The molecule has 1 N–H and O–H groups in total. The lowest BCUT2D eigenvalue weighted by Gasteiger charge is -2.27. The van der Waals surface area contributed by atoms with Crippen molar-refractivity contribution in [2.45, 2.75) is 39.2 Å². The third kappa shape index (κ3) is 7.17. The number of benzene rings is 2. The summed E-state index contributed by atoms with van der Waals surface area (Å²) in [4.78, 5) is 11.1. The molecule has 0 radical (unpaired) electrons. The second-order valence-corrected chi connectivity index (χ2v) is 9.34. The van der Waals surface area contributed by atoms with Crippen LogP contribution in [0.2, 0.25) is 10.0 Å². The number of aliphatic hydroxyl groups is 1. The molecule has 0 heterocycles. The van der Waals surface area contributed by atoms with Crippen LogP contribution >= 0.6 is 34.8 Å². The van der Waals surface area contributed by atoms with Crippen LogP contribution in [-0.2, 0) is 14.9 Å². The van der Waals surface area contributed by atoms with Crippen LogP contribution in [-0.4, -0.2) is 42.9 Å². The number of ether oxygens (including phenoxy) is 3. The SMILES string of the molecule is CC(=O)O[C@@H](CCl)COc1c(Cl)cc(C(C)(C)c2ccc(OC[C@H](C)CO)cc2)cc1Cl. The van der Waals surface area contributed by atoms with Crippen molar-refractivity contribution >= 4 is 40.8 Å². The van der Waals surface area contributed by atoms with E-state index in [2.05, 4.69) is 13.8 Å². The first-order chi connectivity index (χ1) is 15.1. The minimum absolute atomic E-state index is 0.0433. The van der Waals surface area contributed by atoms with Crippen molar-refractivity contribution < 1.29 is 24.1 Å². The maximum absolute atomic E-state index is 11.1. The zero-order valence-corrected chi connectivity index (χ0v) is 20.9. The number of carbonyl (C=O) groups is 1. The Bertz CT molecular complexity index is 876. The highest BCUT2D eigenvalue weighted by atomic mass is 35.5. The summed E-state index contributed by atoms with van der Waals surface area (Å²) in [5.74, 6) is 0.791. The lowest BCUT2D eigenvalue weighted by Crippen LogP contribution is -2.26. The van der Waals surface area contributed by atoms with Gasteiger partial charge in [0, 0.05) is 24.9 Å². The van der Waals surface area contributed by atoms with Gasteiger partial charge < -0.3 is 19.3 Å². The summed E-state index contributed by atoms with van der Waals surface area (Å²) in [6, 6.07) is 11.4. The van der Waals surface area contributed by atoms with E-state index in [1.165, 1.54) is 6.92 Å². The van der Waals surface area contributed by atoms with Crippen LogP contribution < -0.4 is 9.47 Å². The first-order valence-electron chi connectivity index (χ1n) is 10.3. The molecule has 0 aliphatic rings. The van der Waals surface area contributed by atoms with Gasteiger partial charge in [-0.2, -0.15) is 0 Å². The summed E-state index contributed by atoms with van der Waals surface area (Å²) in [6.07, 6.45) is -0.599. The Kier molecular flexibility index (Phi) is 9.96. The van der Waals surface area contributed by atoms with Gasteiger partial charge in [-0.15, -0.1) is 11.6 Å². The first-order valence-corrected chi connectivity index (χ1v) is 11.6. The lowest BCUT2D eigenvalue weighted by molar-refractivity contribution is -0.146. The molecule has 0 amide bonds. The largest absolute Gasteiger partial charge is 0.493 e. The summed E-state index contributed by atoms with van der Waals surface area (Å²) >= 11 is 18.8. The van der Waals surface area contributed by atoms with Crippen molar-refractivity contribution in [3.63, 3.8) is 0 Å². The van der Waals surface area contributed by atoms with Crippen molar-refractivity contribution in [2.75, 3.05) is 25.7 Å². The third-order valence-electron chi connectivity index (χ3n) is 5.06. The summed E-state index contributed by atoms with van der Waals surface area (Å²) in [7, 11) is 0. The molecule has 0 unspecified atom stereocenters. The predicted molar refractivity (Wildman–Crippen MR) is 129 cm³/mol. The Labute approximate surface area is 204 Å². The maximum Gasteiger partial charge on any atom is 0.303 e. The van der Waals surface area contributed by atoms with Crippen LogP contribution in [0.15, 0.2) is 36.4 Å². The zero-order chi connectivity index (χ0) is 23.9. The van der Waals surface area contributed by atoms with Gasteiger partial charge in [-0.25, -0.2) is 0 Å². The molecular weight excluding hydrogens is 475 g/mol. The van der Waals surface area contributed by atoms with Crippen LogP contribution in [0.3, 0.4) is 0 Å². The molecule has 0 fully saturated rings. The van der Waals surface area contributed by atoms with Gasteiger partial charge in [0.2, 0.25) is 0 Å². The Hall–Kier alpha value is -1.66. The molecule has 2 aromatic rings. The maximum atomic E-state index is 11.1. The molecule has 0 spiro atoms. The van der Waals surface area contributed by atoms with Gasteiger partial charge >= 0.3 is 5.97 Å². The topological polar surface area (TPSA) is 65.0 Å². The molecule has 5 nitrogen and oxygen atoms in total. The van der Waals surface area contributed by atoms with E-state index in [0.29, 0.717) is 22.4 Å². The number of halogens is 3. The van der Waals surface area contributed by atoms with Crippen molar-refractivity contribution in [3.05, 3.63) is 57.6 Å². The molecule has 8 heteroatoms. The molecule has 2 atom stereocenters. The van der Waals surface area contributed by atoms with Crippen molar-refractivity contribution in [1.29, 1.82) is 0 Å². The number of hydrogen-bond donors (Lipinski definition) is 1.